The fourth-order valence-electron chi connectivity index (χ4n) is 4.89. The molecule has 1 amide bonds. The van der Waals surface area contributed by atoms with Crippen molar-refractivity contribution in [3.63, 3.8) is 0 Å². The van der Waals surface area contributed by atoms with E-state index in [0.29, 0.717) is 51.4 Å². The van der Waals surface area contributed by atoms with E-state index in [1.54, 1.807) is 24.5 Å². The van der Waals surface area contributed by atoms with Crippen molar-refractivity contribution in [2.24, 2.45) is 0 Å². The molecular formula is C31H37FN4O4Si. The van der Waals surface area contributed by atoms with Crippen LogP contribution in [0.1, 0.15) is 32.9 Å². The van der Waals surface area contributed by atoms with Gasteiger partial charge >= 0.3 is 0 Å². The highest BCUT2D eigenvalue weighted by Crippen LogP contribution is 2.31. The Morgan fingerprint density at radius 3 is 2.61 bits per heavy atom. The topological polar surface area (TPSA) is 78.7 Å². The van der Waals surface area contributed by atoms with Crippen LogP contribution in [0.2, 0.25) is 25.7 Å². The largest absolute Gasteiger partial charge is 0.376 e. The maximum absolute atomic E-state index is 13.5. The molecule has 0 fully saturated rings. The molecule has 1 aliphatic heterocycles. The van der Waals surface area contributed by atoms with Crippen LogP contribution in [0.15, 0.2) is 61.1 Å². The highest BCUT2D eigenvalue weighted by molar-refractivity contribution is 6.76. The van der Waals surface area contributed by atoms with E-state index >= 15 is 0 Å². The summed E-state index contributed by atoms with van der Waals surface area (Å²) in [6, 6.07) is 13.4. The number of hydrogen-bond acceptors (Lipinski definition) is 6. The molecule has 3 aromatic heterocycles. The second-order valence-electron chi connectivity index (χ2n) is 11.5. The van der Waals surface area contributed by atoms with E-state index in [1.165, 1.54) is 17.2 Å². The summed E-state index contributed by atoms with van der Waals surface area (Å²) in [5, 5.41) is 2.34. The average molecular weight is 577 g/mol. The van der Waals surface area contributed by atoms with Crippen LogP contribution in [0.25, 0.3) is 10.9 Å². The zero-order valence-electron chi connectivity index (χ0n) is 23.9. The van der Waals surface area contributed by atoms with E-state index in [1.807, 2.05) is 18.2 Å². The van der Waals surface area contributed by atoms with Gasteiger partial charge in [0, 0.05) is 56.7 Å². The van der Waals surface area contributed by atoms with Gasteiger partial charge in [-0.1, -0.05) is 37.8 Å². The van der Waals surface area contributed by atoms with E-state index in [0.717, 1.165) is 39.3 Å². The van der Waals surface area contributed by atoms with E-state index in [4.69, 9.17) is 14.3 Å². The van der Waals surface area contributed by atoms with E-state index < -0.39 is 8.07 Å². The first-order valence-corrected chi connectivity index (χ1v) is 17.7. The Bertz CT molecular complexity index is 1470. The molecule has 0 bridgehead atoms. The van der Waals surface area contributed by atoms with Gasteiger partial charge in [0.2, 0.25) is 0 Å². The summed E-state index contributed by atoms with van der Waals surface area (Å²) >= 11 is 0. The van der Waals surface area contributed by atoms with Crippen molar-refractivity contribution in [2.75, 3.05) is 26.6 Å². The summed E-state index contributed by atoms with van der Waals surface area (Å²) in [6.07, 6.45) is 6.88. The zero-order valence-corrected chi connectivity index (χ0v) is 24.9. The fraction of sp³-hybridized carbons (Fsp3) is 0.387. The Hall–Kier alpha value is -3.44. The lowest BCUT2D eigenvalue weighted by molar-refractivity contribution is -0.195. The summed E-state index contributed by atoms with van der Waals surface area (Å²) in [5.41, 5.74) is 5.12. The predicted molar refractivity (Wildman–Crippen MR) is 158 cm³/mol. The molecule has 8 nitrogen and oxygen atoms in total. The molecule has 4 aromatic rings. The van der Waals surface area contributed by atoms with Gasteiger partial charge in [0.15, 0.2) is 6.79 Å². The second kappa shape index (κ2) is 13.0. The van der Waals surface area contributed by atoms with Crippen molar-refractivity contribution in [3.8, 4) is 0 Å². The molecule has 0 N–H and O–H groups in total. The number of benzene rings is 1. The number of carbonyl (C=O) groups is 1. The minimum atomic E-state index is -1.20. The molecule has 10 heteroatoms. The van der Waals surface area contributed by atoms with E-state index in [9.17, 15) is 9.18 Å². The minimum absolute atomic E-state index is 0.0389. The lowest BCUT2D eigenvalue weighted by Gasteiger charge is -2.27. The molecule has 0 saturated heterocycles. The summed E-state index contributed by atoms with van der Waals surface area (Å²) in [6.45, 7) is 9.40. The van der Waals surface area contributed by atoms with E-state index in [2.05, 4.69) is 40.4 Å². The molecule has 5 rings (SSSR count). The number of hydroxylamine groups is 2. The van der Waals surface area contributed by atoms with Crippen LogP contribution in [-0.2, 0) is 40.3 Å². The fourth-order valence-corrected chi connectivity index (χ4v) is 5.65. The highest BCUT2D eigenvalue weighted by atomic mass is 28.3. The van der Waals surface area contributed by atoms with Gasteiger partial charge in [0.05, 0.1) is 31.5 Å². The molecule has 1 aromatic carbocycles. The number of hydrogen-bond donors (Lipinski definition) is 0. The van der Waals surface area contributed by atoms with Crippen LogP contribution in [0.5, 0.6) is 0 Å². The third-order valence-corrected chi connectivity index (χ3v) is 8.84. The minimum Gasteiger partial charge on any atom is -0.376 e. The van der Waals surface area contributed by atoms with Crippen molar-refractivity contribution in [1.82, 2.24) is 19.6 Å². The Labute approximate surface area is 241 Å². The van der Waals surface area contributed by atoms with Crippen molar-refractivity contribution >= 4 is 24.9 Å². The molecule has 0 radical (unpaired) electrons. The number of halogens is 1. The van der Waals surface area contributed by atoms with Crippen molar-refractivity contribution < 1.29 is 23.5 Å². The van der Waals surface area contributed by atoms with Crippen molar-refractivity contribution in [1.29, 1.82) is 0 Å². The third-order valence-electron chi connectivity index (χ3n) is 7.14. The second-order valence-corrected chi connectivity index (χ2v) is 17.1. The van der Waals surface area contributed by atoms with Gasteiger partial charge in [-0.25, -0.2) is 19.3 Å². The number of ether oxygens (including phenoxy) is 2. The quantitative estimate of drug-likeness (QED) is 0.117. The Balaban J connectivity index is 1.34. The lowest BCUT2D eigenvalue weighted by atomic mass is 9.99. The first kappa shape index (κ1) is 29.1. The number of nitrogens with zero attached hydrogens (tertiary/aromatic N) is 4. The molecule has 4 heterocycles. The van der Waals surface area contributed by atoms with Crippen LogP contribution >= 0.6 is 0 Å². The maximum atomic E-state index is 13.5. The van der Waals surface area contributed by atoms with Gasteiger partial charge in [-0.2, -0.15) is 0 Å². The molecule has 0 spiro atoms. The van der Waals surface area contributed by atoms with Crippen LogP contribution in [0.4, 0.5) is 4.39 Å². The summed E-state index contributed by atoms with van der Waals surface area (Å²) < 4.78 is 27.3. The van der Waals surface area contributed by atoms with Crippen molar-refractivity contribution in [2.45, 2.75) is 51.7 Å². The lowest BCUT2D eigenvalue weighted by Crippen LogP contribution is -2.39. The van der Waals surface area contributed by atoms with Crippen molar-refractivity contribution in [3.05, 3.63) is 95.0 Å². The number of fused-ring (bicyclic) bond motifs is 3. The van der Waals surface area contributed by atoms with E-state index in [-0.39, 0.29) is 18.5 Å². The molecule has 0 saturated carbocycles. The van der Waals surface area contributed by atoms with Crippen LogP contribution < -0.4 is 0 Å². The first-order chi connectivity index (χ1) is 19.8. The summed E-state index contributed by atoms with van der Waals surface area (Å²) in [4.78, 5) is 28.0. The van der Waals surface area contributed by atoms with Crippen LogP contribution in [-0.4, -0.2) is 60.1 Å². The Morgan fingerprint density at radius 1 is 1.02 bits per heavy atom. The van der Waals surface area contributed by atoms with Gasteiger partial charge in [-0.15, -0.1) is 0 Å². The third kappa shape index (κ3) is 7.45. The smallest absolute Gasteiger partial charge is 0.296 e. The number of pyridine rings is 2. The van der Waals surface area contributed by atoms with Crippen LogP contribution in [0.3, 0.4) is 0 Å². The monoisotopic (exact) mass is 576 g/mol. The normalized spacial score (nSPS) is 13.7. The predicted octanol–water partition coefficient (Wildman–Crippen LogP) is 5.62. The Kier molecular flexibility index (Phi) is 9.24. The van der Waals surface area contributed by atoms with Gasteiger partial charge in [-0.05, 0) is 47.9 Å². The number of aromatic nitrogens is 3. The molecule has 0 atom stereocenters. The Morgan fingerprint density at radius 2 is 1.85 bits per heavy atom. The van der Waals surface area contributed by atoms with Gasteiger partial charge in [-0.3, -0.25) is 9.78 Å². The van der Waals surface area contributed by atoms with Gasteiger partial charge < -0.3 is 14.0 Å². The zero-order chi connectivity index (χ0) is 28.8. The summed E-state index contributed by atoms with van der Waals surface area (Å²) in [5.74, 6) is -0.536. The summed E-state index contributed by atoms with van der Waals surface area (Å²) in [7, 11) is -1.20. The molecule has 0 aliphatic carbocycles. The molecule has 216 valence electrons. The average Bonchev–Trinajstić information content (AvgIpc) is 3.30. The van der Waals surface area contributed by atoms with Gasteiger partial charge in [0.25, 0.3) is 5.91 Å². The standard InChI is InChI=1S/C31H37FN4O4Si/c1-41(2,3)17-16-39-22-40-36-14-11-27-29-24(21-38-15-12-26-6-4-5-13-33-26)20-35(19-23-7-9-25(32)10-8-23)28(29)18-34-30(27)31(36)37/h4-10,13,18,20H,11-12,14-17,19,21-22H2,1-3H3. The number of rotatable bonds is 13. The SMILES string of the molecule is C[Si](C)(C)CCOCON1CCc2c(ncc3c2c(COCCc2ccccn2)cn3Cc2ccc(F)cc2)C1=O. The molecule has 0 unspecified atom stereocenters. The molecule has 41 heavy (non-hydrogen) atoms. The van der Waals surface area contributed by atoms with Crippen LogP contribution in [0, 0.1) is 5.82 Å². The first-order valence-electron chi connectivity index (χ1n) is 14.0. The highest BCUT2D eigenvalue weighted by Gasteiger charge is 2.30. The maximum Gasteiger partial charge on any atom is 0.296 e. The molecular weight excluding hydrogens is 539 g/mol. The number of amides is 1. The number of carbonyl (C=O) groups excluding carboxylic acids is 1. The molecule has 1 aliphatic rings. The van der Waals surface area contributed by atoms with Gasteiger partial charge in [0.1, 0.15) is 11.5 Å².